The number of amides is 2. The first-order valence-corrected chi connectivity index (χ1v) is 14.5. The molecular weight excluding hydrogens is 532 g/mol. The molecule has 0 saturated carbocycles. The average Bonchev–Trinajstić information content (AvgIpc) is 3.76. The van der Waals surface area contributed by atoms with Crippen LogP contribution in [0.1, 0.15) is 34.8 Å². The summed E-state index contributed by atoms with van der Waals surface area (Å²) in [6.07, 6.45) is 1.34. The van der Waals surface area contributed by atoms with Gasteiger partial charge in [0.1, 0.15) is 18.3 Å². The number of nitrogens with one attached hydrogen (secondary N) is 1. The fourth-order valence-electron chi connectivity index (χ4n) is 7.22. The molecule has 9 heteroatoms. The Morgan fingerprint density at radius 3 is 2.69 bits per heavy atom. The fraction of sp³-hybridized carbons (Fsp3) is 0.333. The van der Waals surface area contributed by atoms with E-state index in [1.165, 1.54) is 5.56 Å². The Kier molecular flexibility index (Phi) is 5.89. The number of aromatic amines is 1. The number of hydrogen-bond acceptors (Lipinski definition) is 6. The SMILES string of the molecule is COc1ccc(CN2CC[C@H](N3CC(=O)N4[C@H](c5ccc6c(c5)OCO6)c5[nH]c6ccccc6c5C[C@@H]4C3=O)C2)cc1. The zero-order valence-electron chi connectivity index (χ0n) is 23.4. The number of nitrogens with zero attached hydrogens (tertiary/aromatic N) is 3. The summed E-state index contributed by atoms with van der Waals surface area (Å²) >= 11 is 0. The van der Waals surface area contributed by atoms with Crippen molar-refractivity contribution in [1.82, 2.24) is 19.7 Å². The number of para-hydroxylation sites is 1. The minimum Gasteiger partial charge on any atom is -0.497 e. The largest absolute Gasteiger partial charge is 0.497 e. The van der Waals surface area contributed by atoms with E-state index in [9.17, 15) is 9.59 Å². The Bertz CT molecular complexity index is 1700. The van der Waals surface area contributed by atoms with Crippen LogP contribution in [0.3, 0.4) is 0 Å². The van der Waals surface area contributed by atoms with E-state index in [-0.39, 0.29) is 31.2 Å². The highest BCUT2D eigenvalue weighted by molar-refractivity contribution is 5.98. The number of likely N-dealkylation sites (tertiary alicyclic amines) is 1. The van der Waals surface area contributed by atoms with Gasteiger partial charge in [-0.3, -0.25) is 14.5 Å². The Labute approximate surface area is 243 Å². The molecule has 2 saturated heterocycles. The van der Waals surface area contributed by atoms with Gasteiger partial charge in [0.2, 0.25) is 18.6 Å². The van der Waals surface area contributed by atoms with Crippen LogP contribution in [-0.2, 0) is 22.6 Å². The molecule has 8 rings (SSSR count). The highest BCUT2D eigenvalue weighted by atomic mass is 16.7. The molecule has 0 unspecified atom stereocenters. The lowest BCUT2D eigenvalue weighted by atomic mass is 9.85. The highest BCUT2D eigenvalue weighted by Gasteiger charge is 2.50. The van der Waals surface area contributed by atoms with Gasteiger partial charge >= 0.3 is 0 Å². The van der Waals surface area contributed by atoms with Crippen molar-refractivity contribution in [2.24, 2.45) is 0 Å². The van der Waals surface area contributed by atoms with Gasteiger partial charge in [0, 0.05) is 48.7 Å². The molecule has 4 aliphatic rings. The van der Waals surface area contributed by atoms with Crippen molar-refractivity contribution < 1.29 is 23.8 Å². The van der Waals surface area contributed by atoms with Crippen LogP contribution in [0.15, 0.2) is 66.7 Å². The molecule has 1 N–H and O–H groups in total. The smallest absolute Gasteiger partial charge is 0.246 e. The summed E-state index contributed by atoms with van der Waals surface area (Å²) in [6.45, 7) is 2.71. The molecule has 42 heavy (non-hydrogen) atoms. The van der Waals surface area contributed by atoms with Crippen LogP contribution in [0.25, 0.3) is 10.9 Å². The topological polar surface area (TPSA) is 87.3 Å². The van der Waals surface area contributed by atoms with Gasteiger partial charge in [-0.1, -0.05) is 36.4 Å². The molecule has 0 radical (unpaired) electrons. The lowest BCUT2D eigenvalue weighted by Crippen LogP contribution is -2.65. The summed E-state index contributed by atoms with van der Waals surface area (Å²) in [6, 6.07) is 21.1. The van der Waals surface area contributed by atoms with Gasteiger partial charge in [-0.25, -0.2) is 0 Å². The average molecular weight is 565 g/mol. The molecule has 3 atom stereocenters. The molecule has 214 valence electrons. The normalized spacial score (nSPS) is 23.4. The summed E-state index contributed by atoms with van der Waals surface area (Å²) < 4.78 is 16.5. The maximum Gasteiger partial charge on any atom is 0.246 e. The number of benzene rings is 3. The van der Waals surface area contributed by atoms with Crippen molar-refractivity contribution >= 4 is 22.7 Å². The first-order chi connectivity index (χ1) is 20.6. The molecule has 0 spiro atoms. The van der Waals surface area contributed by atoms with E-state index in [2.05, 4.69) is 34.1 Å². The standard InChI is InChI=1S/C33H32N4O5/c1-40-23-9-6-20(7-10-23)16-35-13-12-22(17-35)36-18-30(38)37-27(33(36)39)15-25-24-4-2-3-5-26(24)34-31(25)32(37)21-8-11-28-29(14-21)42-19-41-28/h2-11,14,22,27,32,34H,12-13,15-19H2,1H3/t22-,27+,32+/m0/s1. The third-order valence-electron chi connectivity index (χ3n) is 9.26. The van der Waals surface area contributed by atoms with Crippen LogP contribution in [-0.4, -0.2) is 77.1 Å². The van der Waals surface area contributed by atoms with E-state index in [4.69, 9.17) is 14.2 Å². The van der Waals surface area contributed by atoms with Gasteiger partial charge in [-0.2, -0.15) is 0 Å². The molecule has 2 fully saturated rings. The number of methoxy groups -OCH3 is 1. The molecule has 3 aromatic carbocycles. The summed E-state index contributed by atoms with van der Waals surface area (Å²) in [5.41, 5.74) is 5.18. The van der Waals surface area contributed by atoms with Crippen LogP contribution >= 0.6 is 0 Å². The summed E-state index contributed by atoms with van der Waals surface area (Å²) in [7, 11) is 1.67. The number of piperazine rings is 1. The predicted molar refractivity (Wildman–Crippen MR) is 155 cm³/mol. The minimum atomic E-state index is -0.566. The van der Waals surface area contributed by atoms with Crippen molar-refractivity contribution in [1.29, 1.82) is 0 Å². The second kappa shape index (κ2) is 9.80. The van der Waals surface area contributed by atoms with Crippen molar-refractivity contribution in [2.75, 3.05) is 33.5 Å². The Morgan fingerprint density at radius 1 is 1.00 bits per heavy atom. The van der Waals surface area contributed by atoms with Crippen molar-refractivity contribution in [2.45, 2.75) is 37.5 Å². The van der Waals surface area contributed by atoms with Crippen molar-refractivity contribution in [3.05, 3.63) is 89.1 Å². The van der Waals surface area contributed by atoms with Gasteiger partial charge in [0.15, 0.2) is 11.5 Å². The number of carbonyl (C=O) groups is 2. The fourth-order valence-corrected chi connectivity index (χ4v) is 7.22. The summed E-state index contributed by atoms with van der Waals surface area (Å²) in [4.78, 5) is 38.0. The third-order valence-corrected chi connectivity index (χ3v) is 9.26. The van der Waals surface area contributed by atoms with Gasteiger partial charge < -0.3 is 29.0 Å². The maximum absolute atomic E-state index is 14.3. The lowest BCUT2D eigenvalue weighted by molar-refractivity contribution is -0.160. The molecule has 2 amide bonds. The quantitative estimate of drug-likeness (QED) is 0.396. The first kappa shape index (κ1) is 25.2. The van der Waals surface area contributed by atoms with E-state index in [0.717, 1.165) is 59.5 Å². The molecule has 9 nitrogen and oxygen atoms in total. The van der Waals surface area contributed by atoms with E-state index in [1.54, 1.807) is 7.11 Å². The van der Waals surface area contributed by atoms with Gasteiger partial charge in [-0.05, 0) is 53.4 Å². The summed E-state index contributed by atoms with van der Waals surface area (Å²) in [5, 5.41) is 1.10. The number of H-pyrrole nitrogens is 1. The number of aromatic nitrogens is 1. The second-order valence-corrected chi connectivity index (χ2v) is 11.6. The molecule has 0 aliphatic carbocycles. The Hall–Kier alpha value is -4.50. The molecule has 5 heterocycles. The number of hydrogen-bond donors (Lipinski definition) is 1. The van der Waals surface area contributed by atoms with E-state index in [0.29, 0.717) is 17.9 Å². The van der Waals surface area contributed by atoms with E-state index in [1.807, 2.05) is 52.3 Å². The monoisotopic (exact) mass is 564 g/mol. The highest BCUT2D eigenvalue weighted by Crippen LogP contribution is 2.45. The van der Waals surface area contributed by atoms with Crippen LogP contribution in [0.2, 0.25) is 0 Å². The van der Waals surface area contributed by atoms with Crippen molar-refractivity contribution in [3.8, 4) is 17.2 Å². The van der Waals surface area contributed by atoms with Crippen LogP contribution in [0.5, 0.6) is 17.2 Å². The zero-order valence-corrected chi connectivity index (χ0v) is 23.4. The second-order valence-electron chi connectivity index (χ2n) is 11.6. The molecule has 0 bridgehead atoms. The lowest BCUT2D eigenvalue weighted by Gasteiger charge is -2.48. The molecule has 1 aromatic heterocycles. The predicted octanol–water partition coefficient (Wildman–Crippen LogP) is 3.86. The van der Waals surface area contributed by atoms with Gasteiger partial charge in [0.25, 0.3) is 0 Å². The first-order valence-electron chi connectivity index (χ1n) is 14.5. The van der Waals surface area contributed by atoms with Crippen molar-refractivity contribution in [3.63, 3.8) is 0 Å². The van der Waals surface area contributed by atoms with Gasteiger partial charge in [0.05, 0.1) is 13.2 Å². The van der Waals surface area contributed by atoms with Crippen LogP contribution < -0.4 is 14.2 Å². The molecular formula is C33H32N4O5. The number of carbonyl (C=O) groups excluding carboxylic acids is 2. The Balaban J connectivity index is 1.10. The third kappa shape index (κ3) is 4.02. The number of fused-ring (bicyclic) bond motifs is 5. The summed E-state index contributed by atoms with van der Waals surface area (Å²) in [5.74, 6) is 2.20. The molecule has 4 aliphatic heterocycles. The zero-order chi connectivity index (χ0) is 28.4. The molecule has 4 aromatic rings. The van der Waals surface area contributed by atoms with E-state index >= 15 is 0 Å². The van der Waals surface area contributed by atoms with Gasteiger partial charge in [-0.15, -0.1) is 0 Å². The van der Waals surface area contributed by atoms with Crippen LogP contribution in [0, 0.1) is 0 Å². The number of rotatable bonds is 5. The minimum absolute atomic E-state index is 0.00945. The Morgan fingerprint density at radius 2 is 1.83 bits per heavy atom. The maximum atomic E-state index is 14.3. The number of ether oxygens (including phenoxy) is 3. The van der Waals surface area contributed by atoms with E-state index < -0.39 is 12.1 Å². The van der Waals surface area contributed by atoms with Crippen LogP contribution in [0.4, 0.5) is 0 Å².